The molecule has 2 N–H and O–H groups in total. The van der Waals surface area contributed by atoms with Gasteiger partial charge in [-0.1, -0.05) is 23.8 Å². The summed E-state index contributed by atoms with van der Waals surface area (Å²) >= 11 is 0. The van der Waals surface area contributed by atoms with E-state index < -0.39 is 16.8 Å². The van der Waals surface area contributed by atoms with Crippen LogP contribution >= 0.6 is 0 Å². The number of hydrogen-bond donors (Lipinski definition) is 2. The van der Waals surface area contributed by atoms with E-state index in [4.69, 9.17) is 4.74 Å². The second-order valence-corrected chi connectivity index (χ2v) is 7.85. The Morgan fingerprint density at radius 1 is 1.38 bits per heavy atom. The summed E-state index contributed by atoms with van der Waals surface area (Å²) in [5.41, 5.74) is -1.70. The molecule has 0 saturated carbocycles. The Hall–Kier alpha value is -1.23. The van der Waals surface area contributed by atoms with E-state index in [1.54, 1.807) is 19.9 Å². The van der Waals surface area contributed by atoms with Gasteiger partial charge in [-0.2, -0.15) is 0 Å². The zero-order valence-electron chi connectivity index (χ0n) is 15.6. The van der Waals surface area contributed by atoms with Crippen LogP contribution in [-0.4, -0.2) is 38.9 Å². The van der Waals surface area contributed by atoms with Gasteiger partial charge in [-0.05, 0) is 60.0 Å². The third kappa shape index (κ3) is 6.34. The van der Waals surface area contributed by atoms with E-state index in [9.17, 15) is 15.0 Å². The fraction of sp³-hybridized carbons (Fsp3) is 0.650. The largest absolute Gasteiger partial charge is 0.387 e. The molecule has 0 spiro atoms. The van der Waals surface area contributed by atoms with Crippen molar-refractivity contribution in [2.75, 3.05) is 0 Å². The molecule has 1 aliphatic rings. The van der Waals surface area contributed by atoms with E-state index in [0.29, 0.717) is 12.8 Å². The molecule has 24 heavy (non-hydrogen) atoms. The number of aliphatic hydroxyl groups is 2. The topological polar surface area (TPSA) is 66.8 Å². The van der Waals surface area contributed by atoms with Gasteiger partial charge in [0, 0.05) is 6.42 Å². The second kappa shape index (κ2) is 7.77. The van der Waals surface area contributed by atoms with Crippen molar-refractivity contribution in [3.63, 3.8) is 0 Å². The lowest BCUT2D eigenvalue weighted by atomic mass is 9.90. The van der Waals surface area contributed by atoms with Gasteiger partial charge in [-0.3, -0.25) is 4.79 Å². The monoisotopic (exact) mass is 336 g/mol. The number of allylic oxidation sites excluding steroid dienone is 2. The van der Waals surface area contributed by atoms with Crippen molar-refractivity contribution in [2.45, 2.75) is 83.2 Å². The zero-order valence-corrected chi connectivity index (χ0v) is 15.6. The maximum atomic E-state index is 12.0. The lowest BCUT2D eigenvalue weighted by molar-refractivity contribution is -0.134. The summed E-state index contributed by atoms with van der Waals surface area (Å²) in [4.78, 5) is 12.0. The van der Waals surface area contributed by atoms with Gasteiger partial charge in [0.25, 0.3) is 0 Å². The summed E-state index contributed by atoms with van der Waals surface area (Å²) < 4.78 is 6.05. The maximum Gasteiger partial charge on any atom is 0.158 e. The molecule has 0 bridgehead atoms. The molecule has 4 atom stereocenters. The summed E-state index contributed by atoms with van der Waals surface area (Å²) in [5, 5.41) is 20.6. The van der Waals surface area contributed by atoms with Crippen LogP contribution in [0, 0.1) is 0 Å². The van der Waals surface area contributed by atoms with Crippen LogP contribution in [0.15, 0.2) is 36.5 Å². The third-order valence-corrected chi connectivity index (χ3v) is 4.43. The van der Waals surface area contributed by atoms with Crippen LogP contribution in [0.1, 0.15) is 60.3 Å². The summed E-state index contributed by atoms with van der Waals surface area (Å²) in [6.45, 7) is 12.6. The van der Waals surface area contributed by atoms with Crippen LogP contribution in [0.5, 0.6) is 0 Å². The third-order valence-electron chi connectivity index (χ3n) is 4.43. The lowest BCUT2D eigenvalue weighted by Gasteiger charge is -2.31. The molecule has 0 aromatic carbocycles. The molecule has 1 rings (SSSR count). The van der Waals surface area contributed by atoms with Crippen LogP contribution < -0.4 is 0 Å². The standard InChI is InChI=1S/C20H32O4/c1-7-18(4,22)10-8-11-19(5)12-9-17(24-19)20(6,23)14-16(21)13-15(2)3/h7-8,11,13,17,22-23H,1,9-10,12,14H2,2-6H3/t17-,18+,19+,20-/m0/s1. The van der Waals surface area contributed by atoms with Gasteiger partial charge >= 0.3 is 0 Å². The van der Waals surface area contributed by atoms with E-state index in [-0.39, 0.29) is 18.3 Å². The molecule has 0 aliphatic carbocycles. The van der Waals surface area contributed by atoms with E-state index >= 15 is 0 Å². The number of ketones is 1. The van der Waals surface area contributed by atoms with Crippen LogP contribution in [0.2, 0.25) is 0 Å². The molecule has 136 valence electrons. The number of hydrogen-bond acceptors (Lipinski definition) is 4. The van der Waals surface area contributed by atoms with Crippen LogP contribution in [0.3, 0.4) is 0 Å². The van der Waals surface area contributed by atoms with Crippen molar-refractivity contribution in [1.82, 2.24) is 0 Å². The predicted octanol–water partition coefficient (Wildman–Crippen LogP) is 3.48. The highest BCUT2D eigenvalue weighted by molar-refractivity contribution is 5.90. The minimum Gasteiger partial charge on any atom is -0.387 e. The van der Waals surface area contributed by atoms with Crippen LogP contribution in [0.4, 0.5) is 0 Å². The highest BCUT2D eigenvalue weighted by Gasteiger charge is 2.44. The van der Waals surface area contributed by atoms with E-state index in [1.165, 1.54) is 6.08 Å². The molecular formula is C20H32O4. The molecule has 0 radical (unpaired) electrons. The Bertz CT molecular complexity index is 524. The molecule has 4 nitrogen and oxygen atoms in total. The number of ether oxygens (including phenoxy) is 1. The Kier molecular flexibility index (Phi) is 6.74. The van der Waals surface area contributed by atoms with Gasteiger partial charge in [-0.25, -0.2) is 0 Å². The highest BCUT2D eigenvalue weighted by Crippen LogP contribution is 2.37. The maximum absolute atomic E-state index is 12.0. The Labute approximate surface area is 145 Å². The molecule has 1 aliphatic heterocycles. The summed E-state index contributed by atoms with van der Waals surface area (Å²) in [5.74, 6) is -0.0882. The molecule has 1 fully saturated rings. The van der Waals surface area contributed by atoms with Crippen LogP contribution in [-0.2, 0) is 9.53 Å². The van der Waals surface area contributed by atoms with Gasteiger partial charge in [0.1, 0.15) is 0 Å². The molecule has 0 aromatic heterocycles. The summed E-state index contributed by atoms with van der Waals surface area (Å²) in [6.07, 6.45) is 8.44. The fourth-order valence-corrected chi connectivity index (χ4v) is 2.89. The van der Waals surface area contributed by atoms with Crippen molar-refractivity contribution in [3.8, 4) is 0 Å². The Balaban J connectivity index is 2.69. The summed E-state index contributed by atoms with van der Waals surface area (Å²) in [6, 6.07) is 0. The molecule has 0 amide bonds. The van der Waals surface area contributed by atoms with E-state index in [2.05, 4.69) is 6.58 Å². The van der Waals surface area contributed by atoms with Gasteiger partial charge in [-0.15, -0.1) is 6.58 Å². The van der Waals surface area contributed by atoms with Gasteiger partial charge < -0.3 is 14.9 Å². The first-order chi connectivity index (χ1) is 10.9. The Morgan fingerprint density at radius 3 is 2.54 bits per heavy atom. The number of carbonyl (C=O) groups excluding carboxylic acids is 1. The molecular weight excluding hydrogens is 304 g/mol. The van der Waals surface area contributed by atoms with Gasteiger partial charge in [0.15, 0.2) is 5.78 Å². The first kappa shape index (κ1) is 20.8. The zero-order chi connectivity index (χ0) is 18.6. The van der Waals surface area contributed by atoms with Crippen molar-refractivity contribution in [3.05, 3.63) is 36.5 Å². The van der Waals surface area contributed by atoms with E-state index in [0.717, 1.165) is 12.0 Å². The SMILES string of the molecule is C=C[C@@](C)(O)CC=C[C@]1(C)CC[C@@H]([C@@](C)(O)CC(=O)C=C(C)C)O1. The van der Waals surface area contributed by atoms with Crippen molar-refractivity contribution < 1.29 is 19.7 Å². The average molecular weight is 336 g/mol. The van der Waals surface area contributed by atoms with E-state index in [1.807, 2.05) is 32.9 Å². The Morgan fingerprint density at radius 2 is 2.00 bits per heavy atom. The minimum absolute atomic E-state index is 0.0494. The van der Waals surface area contributed by atoms with Crippen molar-refractivity contribution in [1.29, 1.82) is 0 Å². The first-order valence-corrected chi connectivity index (χ1v) is 8.51. The normalized spacial score (nSPS) is 29.0. The quantitative estimate of drug-likeness (QED) is 0.526. The molecule has 4 heteroatoms. The number of carbonyl (C=O) groups is 1. The van der Waals surface area contributed by atoms with Gasteiger partial charge in [0.05, 0.1) is 22.9 Å². The fourth-order valence-electron chi connectivity index (χ4n) is 2.89. The molecule has 0 unspecified atom stereocenters. The average Bonchev–Trinajstić information content (AvgIpc) is 2.80. The molecule has 1 heterocycles. The number of rotatable bonds is 8. The summed E-state index contributed by atoms with van der Waals surface area (Å²) in [7, 11) is 0. The first-order valence-electron chi connectivity index (χ1n) is 8.51. The van der Waals surface area contributed by atoms with Crippen molar-refractivity contribution in [2.24, 2.45) is 0 Å². The predicted molar refractivity (Wildman–Crippen MR) is 96.8 cm³/mol. The molecule has 1 saturated heterocycles. The minimum atomic E-state index is -1.19. The highest BCUT2D eigenvalue weighted by atomic mass is 16.5. The van der Waals surface area contributed by atoms with Gasteiger partial charge in [0.2, 0.25) is 0 Å². The smallest absolute Gasteiger partial charge is 0.158 e. The molecule has 0 aromatic rings. The second-order valence-electron chi connectivity index (χ2n) is 7.85. The van der Waals surface area contributed by atoms with Crippen LogP contribution in [0.25, 0.3) is 0 Å². The lowest BCUT2D eigenvalue weighted by Crippen LogP contribution is -2.42. The van der Waals surface area contributed by atoms with Crippen molar-refractivity contribution >= 4 is 5.78 Å².